The number of imidazole rings is 1. The van der Waals surface area contributed by atoms with Crippen molar-refractivity contribution in [3.05, 3.63) is 16.6 Å². The second kappa shape index (κ2) is 8.00. The van der Waals surface area contributed by atoms with Crippen LogP contribution in [0.25, 0.3) is 0 Å². The number of nitrogens with zero attached hydrogens (tertiary/aromatic N) is 2. The van der Waals surface area contributed by atoms with Crippen LogP contribution in [-0.4, -0.2) is 52.6 Å². The van der Waals surface area contributed by atoms with E-state index in [1.54, 1.807) is 6.20 Å². The number of rotatable bonds is 5. The number of halogens is 1. The van der Waals surface area contributed by atoms with Gasteiger partial charge < -0.3 is 19.9 Å². The van der Waals surface area contributed by atoms with Crippen LogP contribution in [0.2, 0.25) is 0 Å². The van der Waals surface area contributed by atoms with Crippen LogP contribution in [0.4, 0.5) is 4.79 Å². The fourth-order valence-electron chi connectivity index (χ4n) is 3.19. The van der Waals surface area contributed by atoms with E-state index in [1.165, 1.54) is 7.11 Å². The molecule has 2 amide bonds. The topological polar surface area (TPSA) is 87.3 Å². The number of likely N-dealkylation sites (tertiary alicyclic amines) is 1. The Hall–Kier alpha value is -1.57. The van der Waals surface area contributed by atoms with E-state index in [0.717, 1.165) is 23.3 Å². The number of amides is 2. The van der Waals surface area contributed by atoms with Crippen LogP contribution in [0, 0.1) is 5.92 Å². The van der Waals surface area contributed by atoms with E-state index in [-0.39, 0.29) is 23.8 Å². The molecule has 2 heterocycles. The highest BCUT2D eigenvalue weighted by molar-refractivity contribution is 9.10. The van der Waals surface area contributed by atoms with Crippen molar-refractivity contribution in [2.75, 3.05) is 13.7 Å². The monoisotopic (exact) mass is 400 g/mol. The summed E-state index contributed by atoms with van der Waals surface area (Å²) in [5.74, 6) is 0.864. The quantitative estimate of drug-likeness (QED) is 0.794. The standard InChI is InChI=1S/C16H25BrN4O3/c1-9(2)13(20-16(23)24-4)15(22)21-7-5-6-11(21)10(3)14-18-8-12(17)19-14/h8-11,13H,5-7H2,1-4H3,(H,18,19)(H,20,23). The van der Waals surface area contributed by atoms with E-state index in [0.29, 0.717) is 6.54 Å². The van der Waals surface area contributed by atoms with Crippen molar-refractivity contribution < 1.29 is 14.3 Å². The first-order valence-electron chi connectivity index (χ1n) is 8.20. The number of aromatic amines is 1. The van der Waals surface area contributed by atoms with Gasteiger partial charge in [0.2, 0.25) is 5.91 Å². The molecule has 7 nitrogen and oxygen atoms in total. The summed E-state index contributed by atoms with van der Waals surface area (Å²) in [5.41, 5.74) is 0. The Morgan fingerprint density at radius 3 is 2.71 bits per heavy atom. The minimum absolute atomic E-state index is 0.0223. The first-order valence-corrected chi connectivity index (χ1v) is 8.99. The maximum absolute atomic E-state index is 13.0. The third-order valence-corrected chi connectivity index (χ3v) is 4.95. The van der Waals surface area contributed by atoms with Crippen LogP contribution in [-0.2, 0) is 9.53 Å². The number of nitrogens with one attached hydrogen (secondary N) is 2. The molecule has 3 unspecified atom stereocenters. The first-order chi connectivity index (χ1) is 11.3. The summed E-state index contributed by atoms with van der Waals surface area (Å²) in [6.07, 6.45) is 3.02. The molecule has 2 N–H and O–H groups in total. The Morgan fingerprint density at radius 1 is 1.46 bits per heavy atom. The molecule has 0 bridgehead atoms. The lowest BCUT2D eigenvalue weighted by atomic mass is 9.97. The van der Waals surface area contributed by atoms with Gasteiger partial charge in [-0.25, -0.2) is 9.78 Å². The summed E-state index contributed by atoms with van der Waals surface area (Å²) in [4.78, 5) is 34.0. The van der Waals surface area contributed by atoms with Crippen molar-refractivity contribution >= 4 is 27.9 Å². The molecule has 1 aliphatic rings. The third kappa shape index (κ3) is 4.09. The molecule has 0 aliphatic carbocycles. The minimum atomic E-state index is -0.589. The first kappa shape index (κ1) is 18.8. The Kier molecular flexibility index (Phi) is 6.26. The summed E-state index contributed by atoms with van der Waals surface area (Å²) < 4.78 is 5.48. The molecule has 1 aliphatic heterocycles. The van der Waals surface area contributed by atoms with E-state index in [2.05, 4.69) is 42.9 Å². The normalized spacial score (nSPS) is 20.1. The van der Waals surface area contributed by atoms with Crippen molar-refractivity contribution in [3.63, 3.8) is 0 Å². The van der Waals surface area contributed by atoms with E-state index in [1.807, 2.05) is 18.7 Å². The lowest BCUT2D eigenvalue weighted by molar-refractivity contribution is -0.135. The number of hydrogen-bond donors (Lipinski definition) is 2. The van der Waals surface area contributed by atoms with Crippen LogP contribution >= 0.6 is 15.9 Å². The summed E-state index contributed by atoms with van der Waals surface area (Å²) in [7, 11) is 1.30. The van der Waals surface area contributed by atoms with E-state index in [4.69, 9.17) is 0 Å². The van der Waals surface area contributed by atoms with Crippen molar-refractivity contribution in [1.82, 2.24) is 20.2 Å². The molecule has 1 saturated heterocycles. The molecular weight excluding hydrogens is 376 g/mol. The fraction of sp³-hybridized carbons (Fsp3) is 0.688. The Labute approximate surface area is 150 Å². The average Bonchev–Trinajstić information content (AvgIpc) is 3.19. The molecule has 1 aromatic heterocycles. The highest BCUT2D eigenvalue weighted by atomic mass is 79.9. The number of ether oxygens (including phenoxy) is 1. The third-order valence-electron chi connectivity index (χ3n) is 4.55. The van der Waals surface area contributed by atoms with Gasteiger partial charge in [0, 0.05) is 18.5 Å². The van der Waals surface area contributed by atoms with Gasteiger partial charge in [-0.1, -0.05) is 20.8 Å². The predicted molar refractivity (Wildman–Crippen MR) is 93.6 cm³/mol. The lowest BCUT2D eigenvalue weighted by Crippen LogP contribution is -2.53. The Bertz CT molecular complexity index is 590. The van der Waals surface area contributed by atoms with Gasteiger partial charge in [0.25, 0.3) is 0 Å². The second-order valence-corrected chi connectivity index (χ2v) is 7.36. The van der Waals surface area contributed by atoms with Crippen molar-refractivity contribution in [2.45, 2.75) is 51.6 Å². The summed E-state index contributed by atoms with van der Waals surface area (Å²) in [6, 6.07) is -0.523. The zero-order chi connectivity index (χ0) is 17.9. The maximum Gasteiger partial charge on any atom is 0.407 e. The molecule has 3 atom stereocenters. The molecule has 1 fully saturated rings. The molecule has 8 heteroatoms. The van der Waals surface area contributed by atoms with Gasteiger partial charge in [-0.2, -0.15) is 0 Å². The van der Waals surface area contributed by atoms with Crippen LogP contribution in [0.1, 0.15) is 45.4 Å². The number of methoxy groups -OCH3 is 1. The van der Waals surface area contributed by atoms with Crippen LogP contribution < -0.4 is 5.32 Å². The molecule has 134 valence electrons. The molecule has 0 saturated carbocycles. The highest BCUT2D eigenvalue weighted by Crippen LogP contribution is 2.31. The van der Waals surface area contributed by atoms with Crippen LogP contribution in [0.15, 0.2) is 10.8 Å². The molecule has 0 aromatic carbocycles. The number of aromatic nitrogens is 2. The number of hydrogen-bond acceptors (Lipinski definition) is 4. The zero-order valence-corrected chi connectivity index (χ0v) is 16.1. The zero-order valence-electron chi connectivity index (χ0n) is 14.5. The lowest BCUT2D eigenvalue weighted by Gasteiger charge is -2.33. The largest absolute Gasteiger partial charge is 0.453 e. The van der Waals surface area contributed by atoms with Crippen molar-refractivity contribution in [1.29, 1.82) is 0 Å². The SMILES string of the molecule is COC(=O)NC(C(=O)N1CCCC1C(C)c1ncc(Br)[nH]1)C(C)C. The average molecular weight is 401 g/mol. The van der Waals surface area contributed by atoms with Crippen molar-refractivity contribution in [2.24, 2.45) is 5.92 Å². The maximum atomic E-state index is 13.0. The Balaban J connectivity index is 2.15. The van der Waals surface area contributed by atoms with Gasteiger partial charge in [0.15, 0.2) is 0 Å². The van der Waals surface area contributed by atoms with E-state index < -0.39 is 12.1 Å². The van der Waals surface area contributed by atoms with Gasteiger partial charge in [0.05, 0.1) is 13.3 Å². The van der Waals surface area contributed by atoms with Gasteiger partial charge in [-0.3, -0.25) is 4.79 Å². The van der Waals surface area contributed by atoms with E-state index in [9.17, 15) is 9.59 Å². The van der Waals surface area contributed by atoms with Crippen LogP contribution in [0.3, 0.4) is 0 Å². The summed E-state index contributed by atoms with van der Waals surface area (Å²) in [6.45, 7) is 6.59. The second-order valence-electron chi connectivity index (χ2n) is 6.50. The fourth-order valence-corrected chi connectivity index (χ4v) is 3.50. The number of alkyl carbamates (subject to hydrolysis) is 1. The highest BCUT2D eigenvalue weighted by Gasteiger charge is 2.38. The Morgan fingerprint density at radius 2 is 2.17 bits per heavy atom. The van der Waals surface area contributed by atoms with Gasteiger partial charge >= 0.3 is 6.09 Å². The van der Waals surface area contributed by atoms with Gasteiger partial charge in [0.1, 0.15) is 16.5 Å². The molecular formula is C16H25BrN4O3. The summed E-state index contributed by atoms with van der Waals surface area (Å²) >= 11 is 3.37. The predicted octanol–water partition coefficient (Wildman–Crippen LogP) is 2.65. The number of carbonyl (C=O) groups is 2. The van der Waals surface area contributed by atoms with Gasteiger partial charge in [-0.15, -0.1) is 0 Å². The molecule has 0 spiro atoms. The smallest absolute Gasteiger partial charge is 0.407 e. The number of H-pyrrole nitrogens is 1. The van der Waals surface area contributed by atoms with Crippen molar-refractivity contribution in [3.8, 4) is 0 Å². The molecule has 2 rings (SSSR count). The van der Waals surface area contributed by atoms with E-state index >= 15 is 0 Å². The molecule has 1 aromatic rings. The van der Waals surface area contributed by atoms with Crippen LogP contribution in [0.5, 0.6) is 0 Å². The molecule has 0 radical (unpaired) electrons. The van der Waals surface area contributed by atoms with Gasteiger partial charge in [-0.05, 0) is 34.7 Å². The minimum Gasteiger partial charge on any atom is -0.453 e. The number of carbonyl (C=O) groups excluding carboxylic acids is 2. The molecule has 24 heavy (non-hydrogen) atoms. The summed E-state index contributed by atoms with van der Waals surface area (Å²) in [5, 5.41) is 2.66.